The molecule has 8 heteroatoms. The fourth-order valence-electron chi connectivity index (χ4n) is 3.39. The minimum Gasteiger partial charge on any atom is -0.356 e. The van der Waals surface area contributed by atoms with E-state index < -0.39 is 0 Å². The molecule has 0 bridgehead atoms. The first-order chi connectivity index (χ1) is 13.6. The number of halogens is 1. The van der Waals surface area contributed by atoms with Gasteiger partial charge in [-0.05, 0) is 49.6 Å². The number of benzene rings is 1. The van der Waals surface area contributed by atoms with Gasteiger partial charge in [0.2, 0.25) is 0 Å². The Labute approximate surface area is 168 Å². The molecule has 1 N–H and O–H groups in total. The van der Waals surface area contributed by atoms with Crippen molar-refractivity contribution in [2.75, 3.05) is 13.1 Å². The summed E-state index contributed by atoms with van der Waals surface area (Å²) >= 11 is 5.90. The summed E-state index contributed by atoms with van der Waals surface area (Å²) in [4.78, 5) is 14.3. The molecular formula is C20H22ClN5O2. The number of hydrogen-bond donors (Lipinski definition) is 1. The third-order valence-corrected chi connectivity index (χ3v) is 5.22. The van der Waals surface area contributed by atoms with Crippen molar-refractivity contribution in [2.24, 2.45) is 0 Å². The zero-order valence-electron chi connectivity index (χ0n) is 15.6. The van der Waals surface area contributed by atoms with Gasteiger partial charge < -0.3 is 14.7 Å². The van der Waals surface area contributed by atoms with Gasteiger partial charge in [0.05, 0.1) is 18.8 Å². The highest BCUT2D eigenvalue weighted by molar-refractivity contribution is 6.30. The largest absolute Gasteiger partial charge is 0.356 e. The van der Waals surface area contributed by atoms with Crippen LogP contribution in [0.3, 0.4) is 0 Å². The average Bonchev–Trinajstić information content (AvgIpc) is 3.36. The quantitative estimate of drug-likeness (QED) is 0.718. The van der Waals surface area contributed by atoms with Gasteiger partial charge in [0.15, 0.2) is 5.76 Å². The number of piperidine rings is 1. The molecule has 1 saturated heterocycles. The molecule has 1 aromatic carbocycles. The van der Waals surface area contributed by atoms with E-state index in [1.54, 1.807) is 12.1 Å². The molecule has 0 atom stereocenters. The SMILES string of the molecule is Cc1cnn(C2CCN(C(=O)NCc3cc(-c4ccc(Cl)cc4)on3)CC2)c1. The van der Waals surface area contributed by atoms with Crippen molar-refractivity contribution in [2.45, 2.75) is 32.4 Å². The summed E-state index contributed by atoms with van der Waals surface area (Å²) in [6, 6.07) is 9.45. The van der Waals surface area contributed by atoms with E-state index in [-0.39, 0.29) is 6.03 Å². The normalized spacial score (nSPS) is 15.0. The summed E-state index contributed by atoms with van der Waals surface area (Å²) in [5.41, 5.74) is 2.73. The first-order valence-corrected chi connectivity index (χ1v) is 9.71. The number of carbonyl (C=O) groups is 1. The predicted molar refractivity (Wildman–Crippen MR) is 106 cm³/mol. The lowest BCUT2D eigenvalue weighted by Gasteiger charge is -2.32. The van der Waals surface area contributed by atoms with Crippen molar-refractivity contribution in [3.05, 3.63) is 59.0 Å². The van der Waals surface area contributed by atoms with Crippen LogP contribution < -0.4 is 5.32 Å². The number of urea groups is 1. The molecule has 0 saturated carbocycles. The highest BCUT2D eigenvalue weighted by Crippen LogP contribution is 2.23. The Kier molecular flexibility index (Phi) is 5.34. The number of aromatic nitrogens is 3. The smallest absolute Gasteiger partial charge is 0.317 e. The number of aryl methyl sites for hydroxylation is 1. The number of carbonyl (C=O) groups excluding carboxylic acids is 1. The maximum atomic E-state index is 12.5. The van der Waals surface area contributed by atoms with E-state index in [9.17, 15) is 4.79 Å². The Morgan fingerprint density at radius 1 is 1.29 bits per heavy atom. The van der Waals surface area contributed by atoms with E-state index in [1.165, 1.54) is 0 Å². The average molecular weight is 400 g/mol. The van der Waals surface area contributed by atoms with Crippen LogP contribution in [-0.2, 0) is 6.54 Å². The Morgan fingerprint density at radius 3 is 2.71 bits per heavy atom. The fourth-order valence-corrected chi connectivity index (χ4v) is 3.52. The van der Waals surface area contributed by atoms with E-state index in [4.69, 9.17) is 16.1 Å². The molecule has 1 aliphatic heterocycles. The molecule has 2 amide bonds. The van der Waals surface area contributed by atoms with Crippen LogP contribution >= 0.6 is 11.6 Å². The van der Waals surface area contributed by atoms with Gasteiger partial charge in [0.1, 0.15) is 5.69 Å². The molecule has 1 aliphatic rings. The van der Waals surface area contributed by atoms with Gasteiger partial charge >= 0.3 is 6.03 Å². The molecule has 2 aromatic heterocycles. The number of hydrogen-bond acceptors (Lipinski definition) is 4. The molecule has 146 valence electrons. The Bertz CT molecular complexity index is 942. The lowest BCUT2D eigenvalue weighted by Crippen LogP contribution is -2.44. The first-order valence-electron chi connectivity index (χ1n) is 9.33. The Balaban J connectivity index is 1.27. The summed E-state index contributed by atoms with van der Waals surface area (Å²) in [5, 5.41) is 12.0. The van der Waals surface area contributed by atoms with Crippen LogP contribution in [-0.4, -0.2) is 39.0 Å². The highest BCUT2D eigenvalue weighted by atomic mass is 35.5. The first kappa shape index (κ1) is 18.6. The number of nitrogens with zero attached hydrogens (tertiary/aromatic N) is 4. The second-order valence-electron chi connectivity index (χ2n) is 7.06. The minimum atomic E-state index is -0.0776. The van der Waals surface area contributed by atoms with Gasteiger partial charge in [0.25, 0.3) is 0 Å². The fraction of sp³-hybridized carbons (Fsp3) is 0.350. The van der Waals surface area contributed by atoms with Crippen LogP contribution in [0.15, 0.2) is 47.2 Å². The Morgan fingerprint density at radius 2 is 2.04 bits per heavy atom. The second-order valence-corrected chi connectivity index (χ2v) is 7.50. The van der Waals surface area contributed by atoms with Crippen LogP contribution in [0.25, 0.3) is 11.3 Å². The van der Waals surface area contributed by atoms with Crippen LogP contribution in [0.1, 0.15) is 30.1 Å². The molecule has 0 aliphatic carbocycles. The summed E-state index contributed by atoms with van der Waals surface area (Å²) in [7, 11) is 0. The van der Waals surface area contributed by atoms with Crippen LogP contribution in [0.4, 0.5) is 4.79 Å². The molecular weight excluding hydrogens is 378 g/mol. The monoisotopic (exact) mass is 399 g/mol. The number of nitrogens with one attached hydrogen (secondary N) is 1. The van der Waals surface area contributed by atoms with E-state index in [2.05, 4.69) is 21.8 Å². The predicted octanol–water partition coefficient (Wildman–Crippen LogP) is 4.05. The molecule has 7 nitrogen and oxygen atoms in total. The zero-order chi connectivity index (χ0) is 19.5. The third-order valence-electron chi connectivity index (χ3n) is 4.96. The van der Waals surface area contributed by atoms with Crippen molar-refractivity contribution in [1.82, 2.24) is 25.2 Å². The second kappa shape index (κ2) is 8.06. The maximum Gasteiger partial charge on any atom is 0.317 e. The molecule has 3 heterocycles. The molecule has 28 heavy (non-hydrogen) atoms. The molecule has 0 unspecified atom stereocenters. The topological polar surface area (TPSA) is 76.2 Å². The van der Waals surface area contributed by atoms with Crippen LogP contribution in [0.2, 0.25) is 5.02 Å². The van der Waals surface area contributed by atoms with Gasteiger partial charge in [-0.25, -0.2) is 4.79 Å². The number of likely N-dealkylation sites (tertiary alicyclic amines) is 1. The molecule has 3 aromatic rings. The van der Waals surface area contributed by atoms with E-state index in [0.717, 1.165) is 24.0 Å². The summed E-state index contributed by atoms with van der Waals surface area (Å²) < 4.78 is 7.38. The maximum absolute atomic E-state index is 12.5. The zero-order valence-corrected chi connectivity index (χ0v) is 16.4. The van der Waals surface area contributed by atoms with E-state index >= 15 is 0 Å². The summed E-state index contributed by atoms with van der Waals surface area (Å²) in [6.45, 7) is 3.79. The Hall–Kier alpha value is -2.80. The van der Waals surface area contributed by atoms with Crippen molar-refractivity contribution < 1.29 is 9.32 Å². The highest BCUT2D eigenvalue weighted by Gasteiger charge is 2.24. The number of amides is 2. The van der Waals surface area contributed by atoms with Crippen molar-refractivity contribution >= 4 is 17.6 Å². The minimum absolute atomic E-state index is 0.0776. The van der Waals surface area contributed by atoms with Gasteiger partial charge in [-0.3, -0.25) is 4.68 Å². The lowest BCUT2D eigenvalue weighted by atomic mass is 10.1. The van der Waals surface area contributed by atoms with Crippen LogP contribution in [0, 0.1) is 6.92 Å². The summed E-state index contributed by atoms with van der Waals surface area (Å²) in [6.07, 6.45) is 5.73. The van der Waals surface area contributed by atoms with Crippen molar-refractivity contribution in [1.29, 1.82) is 0 Å². The van der Waals surface area contributed by atoms with E-state index in [1.807, 2.05) is 40.9 Å². The molecule has 0 radical (unpaired) electrons. The van der Waals surface area contributed by atoms with Gasteiger partial charge in [-0.15, -0.1) is 0 Å². The lowest BCUT2D eigenvalue weighted by molar-refractivity contribution is 0.168. The van der Waals surface area contributed by atoms with Gasteiger partial charge in [-0.2, -0.15) is 5.10 Å². The molecule has 1 fully saturated rings. The molecule has 4 rings (SSSR count). The van der Waals surface area contributed by atoms with E-state index in [0.29, 0.717) is 42.2 Å². The van der Waals surface area contributed by atoms with Gasteiger partial charge in [-0.1, -0.05) is 16.8 Å². The van der Waals surface area contributed by atoms with Crippen LogP contribution in [0.5, 0.6) is 0 Å². The summed E-state index contributed by atoms with van der Waals surface area (Å²) in [5.74, 6) is 0.649. The number of rotatable bonds is 4. The van der Waals surface area contributed by atoms with Crippen molar-refractivity contribution in [3.63, 3.8) is 0 Å². The molecule has 0 spiro atoms. The van der Waals surface area contributed by atoms with Crippen molar-refractivity contribution in [3.8, 4) is 11.3 Å². The standard InChI is InChI=1S/C20H22ClN5O2/c1-14-11-23-26(13-14)18-6-8-25(9-7-18)20(27)22-12-17-10-19(28-24-17)15-2-4-16(21)5-3-15/h2-5,10-11,13,18H,6-9,12H2,1H3,(H,22,27). The van der Waals surface area contributed by atoms with Gasteiger partial charge in [0, 0.05) is 35.9 Å². The third kappa shape index (κ3) is 4.20.